The number of benzene rings is 1. The number of aryl methyl sites for hydroxylation is 2. The zero-order valence-electron chi connectivity index (χ0n) is 17.7. The van der Waals surface area contributed by atoms with Crippen LogP contribution in [0.5, 0.6) is 0 Å². The first-order valence-electron chi connectivity index (χ1n) is 10.5. The zero-order chi connectivity index (χ0) is 22.2. The molecule has 1 aromatic carbocycles. The van der Waals surface area contributed by atoms with E-state index in [-0.39, 0.29) is 12.5 Å². The molecule has 0 saturated carbocycles. The average Bonchev–Trinajstić information content (AvgIpc) is 3.04. The Hall–Kier alpha value is -3.20. The van der Waals surface area contributed by atoms with E-state index < -0.39 is 22.9 Å². The van der Waals surface area contributed by atoms with Crippen LogP contribution in [-0.4, -0.2) is 53.7 Å². The minimum atomic E-state index is -1.16. The van der Waals surface area contributed by atoms with Crippen molar-refractivity contribution in [3.05, 3.63) is 63.2 Å². The fourth-order valence-corrected chi connectivity index (χ4v) is 4.29. The monoisotopic (exact) mass is 425 g/mol. The van der Waals surface area contributed by atoms with E-state index in [2.05, 4.69) is 14.5 Å². The summed E-state index contributed by atoms with van der Waals surface area (Å²) in [6.45, 7) is 2.29. The van der Waals surface area contributed by atoms with Crippen molar-refractivity contribution in [2.75, 3.05) is 13.1 Å². The molecule has 2 atom stereocenters. The number of H-pyrrole nitrogens is 1. The van der Waals surface area contributed by atoms with Crippen molar-refractivity contribution in [3.63, 3.8) is 0 Å². The van der Waals surface area contributed by atoms with Gasteiger partial charge in [0, 0.05) is 45.2 Å². The highest BCUT2D eigenvalue weighted by atomic mass is 16.3. The second kappa shape index (κ2) is 8.14. The van der Waals surface area contributed by atoms with E-state index in [1.54, 1.807) is 11.8 Å². The number of imidazole rings is 1. The Balaban J connectivity index is 1.42. The summed E-state index contributed by atoms with van der Waals surface area (Å²) in [5.41, 5.74) is -0.234. The highest BCUT2D eigenvalue weighted by Crippen LogP contribution is 2.31. The Morgan fingerprint density at radius 3 is 2.81 bits per heavy atom. The van der Waals surface area contributed by atoms with E-state index >= 15 is 0 Å². The molecule has 1 aliphatic heterocycles. The molecule has 4 rings (SSSR count). The summed E-state index contributed by atoms with van der Waals surface area (Å²) in [5.74, 6) is 0.921. The molecule has 9 nitrogen and oxygen atoms in total. The number of aliphatic hydroxyl groups is 1. The minimum absolute atomic E-state index is 0.0169. The van der Waals surface area contributed by atoms with Crippen LogP contribution in [-0.2, 0) is 18.3 Å². The van der Waals surface area contributed by atoms with Crippen LogP contribution in [0.2, 0.25) is 0 Å². The first-order chi connectivity index (χ1) is 14.8. The molecule has 9 heteroatoms. The number of carbonyl (C=O) groups excluding carboxylic acids is 1. The molecular weight excluding hydrogens is 398 g/mol. The number of hydrogen-bond donors (Lipinski definition) is 2. The lowest BCUT2D eigenvalue weighted by Gasteiger charge is -2.43. The van der Waals surface area contributed by atoms with E-state index in [9.17, 15) is 19.5 Å². The van der Waals surface area contributed by atoms with Gasteiger partial charge in [-0.1, -0.05) is 12.1 Å². The highest BCUT2D eigenvalue weighted by molar-refractivity contribution is 5.77. The Bertz CT molecular complexity index is 1220. The molecule has 1 saturated heterocycles. The van der Waals surface area contributed by atoms with E-state index in [0.29, 0.717) is 32.2 Å². The molecule has 164 valence electrons. The number of carbonyl (C=O) groups is 1. The average molecular weight is 425 g/mol. The quantitative estimate of drug-likeness (QED) is 0.632. The van der Waals surface area contributed by atoms with Crippen molar-refractivity contribution >= 4 is 16.9 Å². The Kier molecular flexibility index (Phi) is 5.53. The van der Waals surface area contributed by atoms with Crippen molar-refractivity contribution in [2.45, 2.75) is 44.2 Å². The number of nitrogens with one attached hydrogen (secondary N) is 1. The largest absolute Gasteiger partial charge is 0.388 e. The van der Waals surface area contributed by atoms with Gasteiger partial charge >= 0.3 is 5.69 Å². The van der Waals surface area contributed by atoms with Gasteiger partial charge in [0.05, 0.1) is 22.7 Å². The summed E-state index contributed by atoms with van der Waals surface area (Å²) >= 11 is 0. The molecule has 2 N–H and O–H groups in total. The van der Waals surface area contributed by atoms with Crippen molar-refractivity contribution < 1.29 is 9.90 Å². The van der Waals surface area contributed by atoms with Gasteiger partial charge in [-0.2, -0.15) is 0 Å². The summed E-state index contributed by atoms with van der Waals surface area (Å²) in [4.78, 5) is 45.0. The molecule has 1 aliphatic rings. The summed E-state index contributed by atoms with van der Waals surface area (Å²) in [6.07, 6.45) is 3.43. The molecule has 1 amide bonds. The smallest absolute Gasteiger partial charge is 0.328 e. The molecule has 3 heterocycles. The van der Waals surface area contributed by atoms with Gasteiger partial charge in [-0.25, -0.2) is 9.78 Å². The predicted octanol–water partition coefficient (Wildman–Crippen LogP) is 0.971. The number of aromatic amines is 1. The van der Waals surface area contributed by atoms with Crippen LogP contribution in [0.4, 0.5) is 0 Å². The Labute approximate surface area is 179 Å². The highest BCUT2D eigenvalue weighted by Gasteiger charge is 2.40. The zero-order valence-corrected chi connectivity index (χ0v) is 17.7. The number of hydrogen-bond acceptors (Lipinski definition) is 5. The number of piperidine rings is 1. The second-order valence-corrected chi connectivity index (χ2v) is 8.41. The molecule has 31 heavy (non-hydrogen) atoms. The van der Waals surface area contributed by atoms with Gasteiger partial charge < -0.3 is 14.6 Å². The number of rotatable bonds is 5. The summed E-state index contributed by atoms with van der Waals surface area (Å²) in [7, 11) is 1.98. The molecule has 0 bridgehead atoms. The number of para-hydroxylation sites is 2. The van der Waals surface area contributed by atoms with E-state index in [1.165, 1.54) is 16.8 Å². The van der Waals surface area contributed by atoms with Gasteiger partial charge in [0.25, 0.3) is 5.56 Å². The fourth-order valence-electron chi connectivity index (χ4n) is 4.29. The molecule has 1 fully saturated rings. The lowest BCUT2D eigenvalue weighted by Crippen LogP contribution is -2.54. The molecular formula is C22H27N5O4. The van der Waals surface area contributed by atoms with Crippen LogP contribution in [0.3, 0.4) is 0 Å². The third-order valence-electron chi connectivity index (χ3n) is 6.21. The van der Waals surface area contributed by atoms with Crippen LogP contribution in [0.1, 0.15) is 38.1 Å². The molecule has 0 spiro atoms. The normalized spacial score (nSPS) is 21.5. The molecule has 2 aromatic heterocycles. The number of likely N-dealkylation sites (tertiary alicyclic amines) is 1. The number of amides is 1. The maximum atomic E-state index is 12.8. The van der Waals surface area contributed by atoms with Crippen molar-refractivity contribution in [2.24, 2.45) is 7.05 Å². The number of nitrogens with zero attached hydrogens (tertiary/aromatic N) is 4. The van der Waals surface area contributed by atoms with Crippen molar-refractivity contribution in [3.8, 4) is 0 Å². The summed E-state index contributed by atoms with van der Waals surface area (Å²) in [5, 5.41) is 10.8. The van der Waals surface area contributed by atoms with E-state index in [4.69, 9.17) is 0 Å². The topological polar surface area (TPSA) is 113 Å². The Morgan fingerprint density at radius 2 is 2.06 bits per heavy atom. The van der Waals surface area contributed by atoms with Gasteiger partial charge in [-0.15, -0.1) is 0 Å². The maximum Gasteiger partial charge on any atom is 0.328 e. The predicted molar refractivity (Wildman–Crippen MR) is 116 cm³/mol. The van der Waals surface area contributed by atoms with E-state index in [0.717, 1.165) is 16.9 Å². The van der Waals surface area contributed by atoms with E-state index in [1.807, 2.05) is 31.3 Å². The van der Waals surface area contributed by atoms with Crippen LogP contribution in [0, 0.1) is 0 Å². The van der Waals surface area contributed by atoms with Crippen LogP contribution in [0.25, 0.3) is 11.0 Å². The van der Waals surface area contributed by atoms with Crippen LogP contribution < -0.4 is 11.2 Å². The minimum Gasteiger partial charge on any atom is -0.388 e. The second-order valence-electron chi connectivity index (χ2n) is 8.41. The number of aromatic nitrogens is 4. The first kappa shape index (κ1) is 21.0. The van der Waals surface area contributed by atoms with Crippen molar-refractivity contribution in [1.82, 2.24) is 24.0 Å². The SMILES string of the molecule is Cn1c(CCCC(=O)N2CC[C@@](C)(O)[C@H](n3ccc(=O)[nH]c3=O)C2)nc2ccccc21. The van der Waals surface area contributed by atoms with Gasteiger partial charge in [0.1, 0.15) is 5.82 Å². The summed E-state index contributed by atoms with van der Waals surface area (Å²) < 4.78 is 3.36. The van der Waals surface area contributed by atoms with Gasteiger partial charge in [0.15, 0.2) is 0 Å². The third-order valence-corrected chi connectivity index (χ3v) is 6.21. The molecule has 0 aliphatic carbocycles. The van der Waals surface area contributed by atoms with Crippen molar-refractivity contribution in [1.29, 1.82) is 0 Å². The van der Waals surface area contributed by atoms with Crippen LogP contribution in [0.15, 0.2) is 46.1 Å². The molecule has 0 unspecified atom stereocenters. The lowest BCUT2D eigenvalue weighted by molar-refractivity contribution is -0.138. The molecule has 0 radical (unpaired) electrons. The number of fused-ring (bicyclic) bond motifs is 1. The van der Waals surface area contributed by atoms with Gasteiger partial charge in [-0.05, 0) is 31.9 Å². The summed E-state index contributed by atoms with van der Waals surface area (Å²) in [6, 6.07) is 8.55. The van der Waals surface area contributed by atoms with Gasteiger partial charge in [-0.3, -0.25) is 19.1 Å². The van der Waals surface area contributed by atoms with Crippen LogP contribution >= 0.6 is 0 Å². The van der Waals surface area contributed by atoms with Gasteiger partial charge in [0.2, 0.25) is 5.91 Å². The fraction of sp³-hybridized carbons (Fsp3) is 0.455. The maximum absolute atomic E-state index is 12.8. The molecule has 3 aromatic rings. The standard InChI is InChI=1S/C22H27N5O4/c1-22(31)11-13-26(14-17(22)27-12-10-19(28)24-21(27)30)20(29)9-5-8-18-23-15-6-3-4-7-16(15)25(18)2/h3-4,6-7,10,12,17,31H,5,8-9,11,13-14H2,1-2H3,(H,24,28,30)/t17-,22-/m1/s1. The third kappa shape index (κ3) is 4.18. The first-order valence-corrected chi connectivity index (χ1v) is 10.5. The lowest BCUT2D eigenvalue weighted by atomic mass is 9.88. The Morgan fingerprint density at radius 1 is 1.29 bits per heavy atom.